The van der Waals surface area contributed by atoms with Gasteiger partial charge in [0, 0.05) is 6.54 Å². The SMILES string of the molecule is Cc1ccc(CCCNC(=O)CNC(=O)c2ccccc2F)c(C)c1. The van der Waals surface area contributed by atoms with Crippen molar-refractivity contribution in [2.24, 2.45) is 0 Å². The summed E-state index contributed by atoms with van der Waals surface area (Å²) >= 11 is 0. The Hall–Kier alpha value is -2.69. The van der Waals surface area contributed by atoms with Crippen LogP contribution in [0.5, 0.6) is 0 Å². The average molecular weight is 342 g/mol. The predicted octanol–water partition coefficient (Wildman–Crippen LogP) is 2.92. The first-order valence-electron chi connectivity index (χ1n) is 8.33. The fraction of sp³-hybridized carbons (Fsp3) is 0.300. The van der Waals surface area contributed by atoms with Crippen molar-refractivity contribution in [1.82, 2.24) is 10.6 Å². The molecule has 2 aromatic carbocycles. The van der Waals surface area contributed by atoms with Crippen molar-refractivity contribution >= 4 is 11.8 Å². The molecule has 5 heteroatoms. The van der Waals surface area contributed by atoms with Crippen LogP contribution < -0.4 is 10.6 Å². The molecule has 0 heterocycles. The van der Waals surface area contributed by atoms with E-state index in [-0.39, 0.29) is 18.0 Å². The quantitative estimate of drug-likeness (QED) is 0.760. The minimum absolute atomic E-state index is 0.0647. The van der Waals surface area contributed by atoms with Crippen LogP contribution in [0.2, 0.25) is 0 Å². The lowest BCUT2D eigenvalue weighted by Crippen LogP contribution is -2.37. The molecule has 25 heavy (non-hydrogen) atoms. The van der Waals surface area contributed by atoms with Gasteiger partial charge in [-0.2, -0.15) is 0 Å². The zero-order valence-electron chi connectivity index (χ0n) is 14.6. The topological polar surface area (TPSA) is 58.2 Å². The van der Waals surface area contributed by atoms with Crippen molar-refractivity contribution in [2.75, 3.05) is 13.1 Å². The largest absolute Gasteiger partial charge is 0.355 e. The van der Waals surface area contributed by atoms with Gasteiger partial charge in [0.05, 0.1) is 12.1 Å². The Kier molecular flexibility index (Phi) is 6.69. The fourth-order valence-corrected chi connectivity index (χ4v) is 2.60. The van der Waals surface area contributed by atoms with Gasteiger partial charge in [-0.3, -0.25) is 9.59 Å². The van der Waals surface area contributed by atoms with E-state index in [9.17, 15) is 14.0 Å². The van der Waals surface area contributed by atoms with Crippen LogP contribution in [-0.2, 0) is 11.2 Å². The van der Waals surface area contributed by atoms with Crippen molar-refractivity contribution in [1.29, 1.82) is 0 Å². The van der Waals surface area contributed by atoms with Crippen LogP contribution in [0.1, 0.15) is 33.5 Å². The van der Waals surface area contributed by atoms with Crippen molar-refractivity contribution < 1.29 is 14.0 Å². The van der Waals surface area contributed by atoms with Crippen molar-refractivity contribution in [3.05, 3.63) is 70.5 Å². The molecule has 2 aromatic rings. The zero-order valence-corrected chi connectivity index (χ0v) is 14.6. The second-order valence-electron chi connectivity index (χ2n) is 6.05. The van der Waals surface area contributed by atoms with Gasteiger partial charge in [0.1, 0.15) is 5.82 Å². The Morgan fingerprint density at radius 2 is 1.80 bits per heavy atom. The van der Waals surface area contributed by atoms with Gasteiger partial charge in [-0.15, -0.1) is 0 Å². The Morgan fingerprint density at radius 3 is 2.52 bits per heavy atom. The summed E-state index contributed by atoms with van der Waals surface area (Å²) in [6.07, 6.45) is 1.70. The van der Waals surface area contributed by atoms with Gasteiger partial charge in [-0.05, 0) is 49.9 Å². The number of nitrogens with one attached hydrogen (secondary N) is 2. The van der Waals surface area contributed by atoms with Gasteiger partial charge in [0.2, 0.25) is 5.91 Å². The summed E-state index contributed by atoms with van der Waals surface area (Å²) in [7, 11) is 0. The molecule has 4 nitrogen and oxygen atoms in total. The van der Waals surface area contributed by atoms with E-state index < -0.39 is 11.7 Å². The summed E-state index contributed by atoms with van der Waals surface area (Å²) in [6, 6.07) is 12.0. The minimum Gasteiger partial charge on any atom is -0.355 e. The molecular formula is C20H23FN2O2. The number of hydrogen-bond acceptors (Lipinski definition) is 2. The van der Waals surface area contributed by atoms with E-state index >= 15 is 0 Å². The molecule has 132 valence electrons. The molecule has 0 atom stereocenters. The van der Waals surface area contributed by atoms with Gasteiger partial charge in [0.25, 0.3) is 5.91 Å². The van der Waals surface area contributed by atoms with Gasteiger partial charge >= 0.3 is 0 Å². The first-order chi connectivity index (χ1) is 12.0. The predicted molar refractivity (Wildman–Crippen MR) is 96.0 cm³/mol. The van der Waals surface area contributed by atoms with E-state index in [0.29, 0.717) is 6.54 Å². The highest BCUT2D eigenvalue weighted by atomic mass is 19.1. The molecule has 0 aliphatic carbocycles. The molecular weight excluding hydrogens is 319 g/mol. The second kappa shape index (κ2) is 8.97. The molecule has 0 saturated heterocycles. The van der Waals surface area contributed by atoms with Gasteiger partial charge in [-0.25, -0.2) is 4.39 Å². The Balaban J connectivity index is 1.69. The van der Waals surface area contributed by atoms with Crippen molar-refractivity contribution in [3.8, 4) is 0 Å². The first-order valence-corrected chi connectivity index (χ1v) is 8.33. The van der Waals surface area contributed by atoms with E-state index in [1.165, 1.54) is 34.9 Å². The normalized spacial score (nSPS) is 10.4. The van der Waals surface area contributed by atoms with Crippen molar-refractivity contribution in [3.63, 3.8) is 0 Å². The maximum Gasteiger partial charge on any atom is 0.254 e. The average Bonchev–Trinajstić information content (AvgIpc) is 2.58. The van der Waals surface area contributed by atoms with E-state index in [2.05, 4.69) is 42.7 Å². The standard InChI is InChI=1S/C20H23FN2O2/c1-14-9-10-16(15(2)12-14)6-5-11-22-19(24)13-23-20(25)17-7-3-4-8-18(17)21/h3-4,7-10,12H,5-6,11,13H2,1-2H3,(H,22,24)(H,23,25). The first kappa shape index (κ1) is 18.6. The lowest BCUT2D eigenvalue weighted by Gasteiger charge is -2.09. The monoisotopic (exact) mass is 342 g/mol. The molecule has 0 spiro atoms. The molecule has 0 aliphatic heterocycles. The maximum absolute atomic E-state index is 13.5. The summed E-state index contributed by atoms with van der Waals surface area (Å²) in [5, 5.41) is 5.18. The molecule has 0 unspecified atom stereocenters. The van der Waals surface area contributed by atoms with E-state index in [4.69, 9.17) is 0 Å². The third kappa shape index (κ3) is 5.71. The molecule has 0 aliphatic rings. The highest BCUT2D eigenvalue weighted by molar-refractivity contribution is 5.96. The third-order valence-electron chi connectivity index (χ3n) is 3.97. The zero-order chi connectivity index (χ0) is 18.2. The smallest absolute Gasteiger partial charge is 0.254 e. The summed E-state index contributed by atoms with van der Waals surface area (Å²) in [6.45, 7) is 4.50. The Labute approximate surface area is 147 Å². The number of hydrogen-bond donors (Lipinski definition) is 2. The number of rotatable bonds is 7. The Bertz CT molecular complexity index is 759. The van der Waals surface area contributed by atoms with Crippen molar-refractivity contribution in [2.45, 2.75) is 26.7 Å². The third-order valence-corrected chi connectivity index (χ3v) is 3.97. The van der Waals surface area contributed by atoms with Crippen LogP contribution >= 0.6 is 0 Å². The van der Waals surface area contributed by atoms with Crippen LogP contribution in [0.4, 0.5) is 4.39 Å². The van der Waals surface area contributed by atoms with E-state index in [1.807, 2.05) is 0 Å². The maximum atomic E-state index is 13.5. The Morgan fingerprint density at radius 1 is 1.04 bits per heavy atom. The lowest BCUT2D eigenvalue weighted by molar-refractivity contribution is -0.120. The number of amides is 2. The molecule has 2 amide bonds. The summed E-state index contributed by atoms with van der Waals surface area (Å²) in [5.74, 6) is -1.48. The summed E-state index contributed by atoms with van der Waals surface area (Å²) < 4.78 is 13.5. The molecule has 0 aromatic heterocycles. The molecule has 0 radical (unpaired) electrons. The number of aryl methyl sites for hydroxylation is 3. The lowest BCUT2D eigenvalue weighted by atomic mass is 10.0. The van der Waals surface area contributed by atoms with Crippen LogP contribution in [0.25, 0.3) is 0 Å². The number of benzene rings is 2. The molecule has 0 fully saturated rings. The van der Waals surface area contributed by atoms with Crippen LogP contribution in [0.3, 0.4) is 0 Å². The van der Waals surface area contributed by atoms with Crippen LogP contribution in [0, 0.1) is 19.7 Å². The van der Waals surface area contributed by atoms with Crippen LogP contribution in [-0.4, -0.2) is 24.9 Å². The number of carbonyl (C=O) groups is 2. The number of carbonyl (C=O) groups excluding carboxylic acids is 2. The second-order valence-corrected chi connectivity index (χ2v) is 6.05. The van der Waals surface area contributed by atoms with Gasteiger partial charge < -0.3 is 10.6 Å². The molecule has 2 rings (SSSR count). The highest BCUT2D eigenvalue weighted by Gasteiger charge is 2.11. The van der Waals surface area contributed by atoms with Gasteiger partial charge in [-0.1, -0.05) is 35.9 Å². The van der Waals surface area contributed by atoms with E-state index in [0.717, 1.165) is 12.8 Å². The molecule has 0 saturated carbocycles. The molecule has 0 bridgehead atoms. The molecule has 2 N–H and O–H groups in total. The number of halogens is 1. The summed E-state index contributed by atoms with van der Waals surface area (Å²) in [5.41, 5.74) is 3.70. The fourth-order valence-electron chi connectivity index (χ4n) is 2.60. The van der Waals surface area contributed by atoms with Crippen LogP contribution in [0.15, 0.2) is 42.5 Å². The highest BCUT2D eigenvalue weighted by Crippen LogP contribution is 2.12. The summed E-state index contributed by atoms with van der Waals surface area (Å²) in [4.78, 5) is 23.6. The minimum atomic E-state index is -0.603. The van der Waals surface area contributed by atoms with E-state index in [1.54, 1.807) is 6.07 Å². The van der Waals surface area contributed by atoms with Gasteiger partial charge in [0.15, 0.2) is 0 Å².